The Hall–Kier alpha value is 3.02. The van der Waals surface area contributed by atoms with Crippen molar-refractivity contribution >= 4 is 110 Å². The molecule has 0 aliphatic carbocycles. The van der Waals surface area contributed by atoms with E-state index in [4.69, 9.17) is 0 Å². The first-order valence-electron chi connectivity index (χ1n) is 24.1. The maximum atomic E-state index is 2.34. The van der Waals surface area contributed by atoms with Crippen LogP contribution in [0.1, 0.15) is 181 Å². The molecule has 0 nitrogen and oxygen atoms in total. The third-order valence-electron chi connectivity index (χ3n) is 9.52. The zero-order valence-electron chi connectivity index (χ0n) is 41.0. The molecule has 0 aliphatic rings. The Bertz CT molecular complexity index is 569. The molecule has 0 saturated heterocycles. The van der Waals surface area contributed by atoms with E-state index >= 15 is 0 Å². The van der Waals surface area contributed by atoms with Crippen LogP contribution in [0.4, 0.5) is 0 Å². The number of hydrogen-bond acceptors (Lipinski definition) is 0. The second-order valence-corrected chi connectivity index (χ2v) is 47.6. The van der Waals surface area contributed by atoms with Gasteiger partial charge >= 0.3 is 400 Å². The van der Waals surface area contributed by atoms with Gasteiger partial charge in [-0.1, -0.05) is 0 Å². The van der Waals surface area contributed by atoms with Crippen molar-refractivity contribution in [2.24, 2.45) is 0 Å². The molecule has 0 aliphatic heterocycles. The molecule has 0 atom stereocenters. The molecule has 12 radical (unpaired) electrons. The summed E-state index contributed by atoms with van der Waals surface area (Å²) >= 11 is 2.36. The molecular formula is C48H104Ge7. The normalized spacial score (nSPS) is 9.95. The van der Waals surface area contributed by atoms with Gasteiger partial charge in [0.05, 0.1) is 0 Å². The van der Waals surface area contributed by atoms with Crippen molar-refractivity contribution in [1.82, 2.24) is 0 Å². The molecule has 0 saturated carbocycles. The van der Waals surface area contributed by atoms with Gasteiger partial charge in [0, 0.05) is 0 Å². The summed E-state index contributed by atoms with van der Waals surface area (Å²) in [6, 6.07) is 10.3. The minimum absolute atomic E-state index is 0.403. The van der Waals surface area contributed by atoms with E-state index < -0.39 is 43.0 Å². The van der Waals surface area contributed by atoms with Crippen LogP contribution in [-0.2, 0) is 0 Å². The Morgan fingerprint density at radius 1 is 0.327 bits per heavy atom. The molecule has 55 heavy (non-hydrogen) atoms. The van der Waals surface area contributed by atoms with Gasteiger partial charge in [-0.15, -0.1) is 0 Å². The van der Waals surface area contributed by atoms with E-state index in [2.05, 4.69) is 133 Å². The van der Waals surface area contributed by atoms with Gasteiger partial charge in [-0.3, -0.25) is 0 Å². The predicted molar refractivity (Wildman–Crippen MR) is 279 cm³/mol. The fourth-order valence-corrected chi connectivity index (χ4v) is 23.9. The molecule has 0 N–H and O–H groups in total. The molecule has 324 valence electrons. The van der Waals surface area contributed by atoms with Crippen molar-refractivity contribution in [3.8, 4) is 0 Å². The summed E-state index contributed by atoms with van der Waals surface area (Å²) < 4.78 is 1.32. The van der Waals surface area contributed by atoms with Crippen LogP contribution in [0.25, 0.3) is 0 Å². The molecule has 0 unspecified atom stereocenters. The molecule has 1 aromatic rings. The van der Waals surface area contributed by atoms with Crippen LogP contribution >= 0.6 is 0 Å². The second-order valence-electron chi connectivity index (χ2n) is 14.2. The third kappa shape index (κ3) is 78.1. The topological polar surface area (TPSA) is 0 Å². The monoisotopic (exact) mass is 1200 g/mol. The van der Waals surface area contributed by atoms with Crippen molar-refractivity contribution in [3.05, 3.63) is 30.3 Å². The van der Waals surface area contributed by atoms with Gasteiger partial charge in [-0.2, -0.15) is 0 Å². The van der Waals surface area contributed by atoms with Crippen molar-refractivity contribution in [3.63, 3.8) is 0 Å². The van der Waals surface area contributed by atoms with Crippen LogP contribution in [0.5, 0.6) is 0 Å². The Morgan fingerprint density at radius 2 is 0.509 bits per heavy atom. The van der Waals surface area contributed by atoms with E-state index in [1.54, 1.807) is 31.5 Å². The zero-order chi connectivity index (χ0) is 43.1. The van der Waals surface area contributed by atoms with E-state index in [1.807, 2.05) is 18.2 Å². The van der Waals surface area contributed by atoms with E-state index in [1.165, 1.54) is 129 Å². The van der Waals surface area contributed by atoms with Crippen molar-refractivity contribution in [2.75, 3.05) is 0 Å². The number of benzene rings is 1. The number of hydrogen-bond donors (Lipinski definition) is 0. The van der Waals surface area contributed by atoms with Crippen molar-refractivity contribution in [2.45, 2.75) is 260 Å². The van der Waals surface area contributed by atoms with Gasteiger partial charge in [0.15, 0.2) is 0 Å². The predicted octanol–water partition coefficient (Wildman–Crippen LogP) is 17.5. The molecule has 0 amide bonds. The average molecular weight is 1190 g/mol. The van der Waals surface area contributed by atoms with E-state index in [9.17, 15) is 0 Å². The summed E-state index contributed by atoms with van der Waals surface area (Å²) in [5.74, 6) is 0. The molecule has 1 rings (SSSR count). The summed E-state index contributed by atoms with van der Waals surface area (Å²) in [6.45, 7) is 34.7. The molecule has 0 heterocycles. The Morgan fingerprint density at radius 3 is 0.600 bits per heavy atom. The summed E-state index contributed by atoms with van der Waals surface area (Å²) in [6.07, 6.45) is 17.3. The first-order chi connectivity index (χ1) is 26.7. The van der Waals surface area contributed by atoms with Gasteiger partial charge < -0.3 is 0 Å². The second kappa shape index (κ2) is 71.5. The van der Waals surface area contributed by atoms with Crippen LogP contribution in [-0.4, -0.2) is 106 Å². The van der Waals surface area contributed by atoms with Gasteiger partial charge in [-0.05, 0) is 0 Å². The molecule has 0 bridgehead atoms. The summed E-state index contributed by atoms with van der Waals surface area (Å²) in [5.41, 5.74) is 0. The van der Waals surface area contributed by atoms with E-state index in [-0.39, 0.29) is 0 Å². The SMILES string of the molecule is CCC[CH2][Ge][CH2]CCC.CCC[CH2][Ge][CH2]CCC.CCC[CH2][Ge][CH2]CCC.C[CH2][Ge]([CH2]C)[CH2]C.C[CH2][Ge]([CH2]C)[CH2]C.C[CH2][Ge]([CH2]C)[CH2]C.[Ge][c]1ccccc1. The van der Waals surface area contributed by atoms with Crippen LogP contribution in [0, 0.1) is 0 Å². The quantitative estimate of drug-likeness (QED) is 0.0608. The first kappa shape index (κ1) is 69.7. The molecule has 1 aromatic carbocycles. The first-order valence-corrected chi connectivity index (χ1v) is 47.4. The van der Waals surface area contributed by atoms with E-state index in [0.29, 0.717) is 46.3 Å². The molecule has 7 heteroatoms. The summed E-state index contributed by atoms with van der Waals surface area (Å²) in [5, 5.41) is 23.2. The van der Waals surface area contributed by atoms with Crippen LogP contribution < -0.4 is 4.40 Å². The van der Waals surface area contributed by atoms with Crippen molar-refractivity contribution < 1.29 is 0 Å². The molecule has 0 fully saturated rings. The van der Waals surface area contributed by atoms with Crippen LogP contribution in [0.3, 0.4) is 0 Å². The average Bonchev–Trinajstić information content (AvgIpc) is 3.22. The van der Waals surface area contributed by atoms with Crippen LogP contribution in [0.15, 0.2) is 30.3 Å². The number of rotatable bonds is 27. The van der Waals surface area contributed by atoms with Gasteiger partial charge in [-0.25, -0.2) is 0 Å². The number of unbranched alkanes of at least 4 members (excludes halogenated alkanes) is 6. The molecular weight excluding hydrogens is 1080 g/mol. The van der Waals surface area contributed by atoms with Crippen LogP contribution in [0.2, 0.25) is 78.8 Å². The van der Waals surface area contributed by atoms with E-state index in [0.717, 1.165) is 0 Å². The fourth-order valence-electron chi connectivity index (χ4n) is 4.87. The fraction of sp³-hybridized carbons (Fsp3) is 0.875. The zero-order valence-corrected chi connectivity index (χ0v) is 55.7. The van der Waals surface area contributed by atoms with Gasteiger partial charge in [0.1, 0.15) is 0 Å². The maximum absolute atomic E-state index is 2.34. The Kier molecular flexibility index (Phi) is 90.6. The Balaban J connectivity index is -0.000000128. The molecule has 0 spiro atoms. The van der Waals surface area contributed by atoms with Gasteiger partial charge in [0.25, 0.3) is 0 Å². The third-order valence-corrected chi connectivity index (χ3v) is 38.0. The standard InChI is InChI=1S/3C8H18Ge.C6H5Ge.3C6H15Ge/c3*1-3-5-7-9-8-6-4-2;7-6-4-2-1-3-5-6;3*1-4-7(5-2)6-3/h3*3-8H2,1-2H3;1-5H;3*4-6H2,1-3H3. The minimum atomic E-state index is -0.403. The molecule has 0 aromatic heterocycles. The summed E-state index contributed by atoms with van der Waals surface area (Å²) in [7, 11) is 0. The summed E-state index contributed by atoms with van der Waals surface area (Å²) in [4.78, 5) is 0. The van der Waals surface area contributed by atoms with Crippen molar-refractivity contribution in [1.29, 1.82) is 0 Å². The van der Waals surface area contributed by atoms with Gasteiger partial charge in [0.2, 0.25) is 0 Å². The Labute approximate surface area is 395 Å².